The summed E-state index contributed by atoms with van der Waals surface area (Å²) in [6.45, 7) is 2.02. The maximum atomic E-state index is 13.4. The number of nitrogens with one attached hydrogen (secondary N) is 2. The molecule has 1 aliphatic rings. The maximum absolute atomic E-state index is 13.4. The monoisotopic (exact) mass is 351 g/mol. The van der Waals surface area contributed by atoms with Gasteiger partial charge in [-0.05, 0) is 25.5 Å². The number of esters is 1. The Morgan fingerprint density at radius 1 is 1.32 bits per heavy atom. The van der Waals surface area contributed by atoms with Crippen molar-refractivity contribution in [3.63, 3.8) is 0 Å². The molecule has 2 rings (SSSR count). The molecule has 1 saturated heterocycles. The first-order valence-corrected chi connectivity index (χ1v) is 7.61. The van der Waals surface area contributed by atoms with Crippen molar-refractivity contribution in [3.8, 4) is 0 Å². The lowest BCUT2D eigenvalue weighted by atomic mass is 9.99. The Labute approximate surface area is 143 Å². The highest BCUT2D eigenvalue weighted by atomic mass is 19.1. The molecule has 0 saturated carbocycles. The summed E-state index contributed by atoms with van der Waals surface area (Å²) < 4.78 is 18.1. The van der Waals surface area contributed by atoms with Crippen LogP contribution in [-0.2, 0) is 19.1 Å². The molecule has 25 heavy (non-hydrogen) atoms. The summed E-state index contributed by atoms with van der Waals surface area (Å²) in [5.74, 6) is -2.82. The third-order valence-corrected chi connectivity index (χ3v) is 3.85. The highest BCUT2D eigenvalue weighted by Gasteiger charge is 2.47. The molecule has 2 N–H and O–H groups in total. The molecule has 0 aromatic heterocycles. The molecule has 1 heterocycles. The Morgan fingerprint density at radius 2 is 2.00 bits per heavy atom. The Balaban J connectivity index is 1.85. The maximum Gasteiger partial charge on any atom is 0.326 e. The number of hydrogen-bond acceptors (Lipinski definition) is 5. The molecule has 0 bridgehead atoms. The predicted octanol–water partition coefficient (Wildman–Crippen LogP) is 1.03. The number of ether oxygens (including phenoxy) is 1. The molecule has 1 fully saturated rings. The van der Waals surface area contributed by atoms with Crippen LogP contribution in [0.3, 0.4) is 0 Å². The van der Waals surface area contributed by atoms with E-state index in [1.54, 1.807) is 13.8 Å². The van der Waals surface area contributed by atoms with Crippen molar-refractivity contribution in [2.24, 2.45) is 0 Å². The van der Waals surface area contributed by atoms with Crippen LogP contribution in [0.2, 0.25) is 0 Å². The highest BCUT2D eigenvalue weighted by molar-refractivity contribution is 6.08. The molecule has 134 valence electrons. The molecule has 4 amide bonds. The highest BCUT2D eigenvalue weighted by Crippen LogP contribution is 2.20. The molecule has 0 unspecified atom stereocenters. The Bertz CT molecular complexity index is 723. The van der Waals surface area contributed by atoms with Crippen LogP contribution in [0.5, 0.6) is 0 Å². The van der Waals surface area contributed by atoms with Crippen molar-refractivity contribution < 1.29 is 28.3 Å². The molecule has 1 aromatic rings. The number of carbonyl (C=O) groups is 4. The van der Waals surface area contributed by atoms with Crippen molar-refractivity contribution in [1.82, 2.24) is 10.2 Å². The smallest absolute Gasteiger partial charge is 0.326 e. The van der Waals surface area contributed by atoms with Crippen molar-refractivity contribution in [3.05, 3.63) is 30.1 Å². The second kappa shape index (κ2) is 7.29. The first-order valence-electron chi connectivity index (χ1n) is 7.61. The Morgan fingerprint density at radius 3 is 2.60 bits per heavy atom. The fourth-order valence-electron chi connectivity index (χ4n) is 2.20. The minimum atomic E-state index is -1.06. The molecule has 0 spiro atoms. The van der Waals surface area contributed by atoms with Gasteiger partial charge >= 0.3 is 12.0 Å². The summed E-state index contributed by atoms with van der Waals surface area (Å²) in [6.07, 6.45) is 0.369. The van der Waals surface area contributed by atoms with E-state index in [0.717, 1.165) is 4.90 Å². The number of nitrogens with zero attached hydrogens (tertiary/aromatic N) is 1. The van der Waals surface area contributed by atoms with E-state index in [-0.39, 0.29) is 5.69 Å². The number of imide groups is 1. The first-order chi connectivity index (χ1) is 11.8. The standard InChI is InChI=1S/C16H18FN3O5/c1-3-16(2)14(23)20(15(24)19-16)8-13(22)25-9-12(21)18-11-7-5-4-6-10(11)17/h4-7H,3,8-9H2,1-2H3,(H,18,21)(H,19,24)/t16-/m1/s1. The van der Waals surface area contributed by atoms with Gasteiger partial charge in [0.05, 0.1) is 5.69 Å². The summed E-state index contributed by atoms with van der Waals surface area (Å²) in [4.78, 5) is 48.1. The van der Waals surface area contributed by atoms with Crippen molar-refractivity contribution in [2.75, 3.05) is 18.5 Å². The first kappa shape index (κ1) is 18.4. The number of urea groups is 1. The Hall–Kier alpha value is -2.97. The number of anilines is 1. The van der Waals surface area contributed by atoms with E-state index in [9.17, 15) is 23.6 Å². The van der Waals surface area contributed by atoms with E-state index in [0.29, 0.717) is 6.42 Å². The predicted molar refractivity (Wildman–Crippen MR) is 84.9 cm³/mol. The summed E-state index contributed by atoms with van der Waals surface area (Å²) in [5, 5.41) is 4.75. The molecule has 8 nitrogen and oxygen atoms in total. The van der Waals surface area contributed by atoms with E-state index < -0.39 is 48.3 Å². The lowest BCUT2D eigenvalue weighted by Crippen LogP contribution is -2.43. The lowest BCUT2D eigenvalue weighted by Gasteiger charge is -2.18. The summed E-state index contributed by atoms with van der Waals surface area (Å²) >= 11 is 0. The second-order valence-corrected chi connectivity index (χ2v) is 5.70. The number of carbonyl (C=O) groups excluding carboxylic acids is 4. The van der Waals surface area contributed by atoms with E-state index >= 15 is 0 Å². The zero-order valence-electron chi connectivity index (χ0n) is 13.8. The van der Waals surface area contributed by atoms with Gasteiger partial charge in [-0.25, -0.2) is 9.18 Å². The fraction of sp³-hybridized carbons (Fsp3) is 0.375. The zero-order chi connectivity index (χ0) is 18.6. The summed E-state index contributed by atoms with van der Waals surface area (Å²) in [7, 11) is 0. The van der Waals surface area contributed by atoms with Gasteiger partial charge in [0.1, 0.15) is 17.9 Å². The van der Waals surface area contributed by atoms with Crippen LogP contribution in [0.25, 0.3) is 0 Å². The lowest BCUT2D eigenvalue weighted by molar-refractivity contribution is -0.150. The minimum Gasteiger partial charge on any atom is -0.454 e. The zero-order valence-corrected chi connectivity index (χ0v) is 13.8. The fourth-order valence-corrected chi connectivity index (χ4v) is 2.20. The quantitative estimate of drug-likeness (QED) is 0.588. The van der Waals surface area contributed by atoms with Crippen molar-refractivity contribution in [2.45, 2.75) is 25.8 Å². The number of rotatable bonds is 6. The van der Waals surface area contributed by atoms with Gasteiger partial charge in [0.25, 0.3) is 11.8 Å². The molecule has 1 atom stereocenters. The SMILES string of the molecule is CC[C@@]1(C)NC(=O)N(CC(=O)OCC(=O)Nc2ccccc2F)C1=O. The molecule has 0 radical (unpaired) electrons. The molecule has 1 aromatic carbocycles. The number of amides is 4. The normalized spacial score (nSPS) is 19.6. The molecule has 1 aliphatic heterocycles. The van der Waals surface area contributed by atoms with Crippen molar-refractivity contribution in [1.29, 1.82) is 0 Å². The van der Waals surface area contributed by atoms with Gasteiger partial charge in [0.2, 0.25) is 0 Å². The van der Waals surface area contributed by atoms with Crippen LogP contribution in [0.1, 0.15) is 20.3 Å². The second-order valence-electron chi connectivity index (χ2n) is 5.70. The largest absolute Gasteiger partial charge is 0.454 e. The van der Waals surface area contributed by atoms with E-state index in [1.807, 2.05) is 0 Å². The number of hydrogen-bond donors (Lipinski definition) is 2. The molecule has 0 aliphatic carbocycles. The molecular formula is C16H18FN3O5. The minimum absolute atomic E-state index is 0.0450. The summed E-state index contributed by atoms with van der Waals surface area (Å²) in [6, 6.07) is 4.83. The van der Waals surface area contributed by atoms with Crippen LogP contribution in [-0.4, -0.2) is 47.4 Å². The van der Waals surface area contributed by atoms with Gasteiger partial charge in [-0.3, -0.25) is 19.3 Å². The molecule has 9 heteroatoms. The van der Waals surface area contributed by atoms with Crippen molar-refractivity contribution >= 4 is 29.5 Å². The van der Waals surface area contributed by atoms with E-state index in [4.69, 9.17) is 4.74 Å². The average molecular weight is 351 g/mol. The van der Waals surface area contributed by atoms with Gasteiger partial charge in [0, 0.05) is 0 Å². The topological polar surface area (TPSA) is 105 Å². The van der Waals surface area contributed by atoms with Gasteiger partial charge in [-0.15, -0.1) is 0 Å². The van der Waals surface area contributed by atoms with Crippen LogP contribution in [0.15, 0.2) is 24.3 Å². The number of halogens is 1. The van der Waals surface area contributed by atoms with Gasteiger partial charge in [-0.2, -0.15) is 0 Å². The van der Waals surface area contributed by atoms with Gasteiger partial charge in [0.15, 0.2) is 6.61 Å². The number of para-hydroxylation sites is 1. The van der Waals surface area contributed by atoms with E-state index in [1.165, 1.54) is 24.3 Å². The van der Waals surface area contributed by atoms with E-state index in [2.05, 4.69) is 10.6 Å². The third-order valence-electron chi connectivity index (χ3n) is 3.85. The van der Waals surface area contributed by atoms with Gasteiger partial charge < -0.3 is 15.4 Å². The molecular weight excluding hydrogens is 333 g/mol. The van der Waals surface area contributed by atoms with Crippen LogP contribution in [0, 0.1) is 5.82 Å². The number of benzene rings is 1. The Kier molecular flexibility index (Phi) is 5.35. The third kappa shape index (κ3) is 4.11. The van der Waals surface area contributed by atoms with Crippen LogP contribution >= 0.6 is 0 Å². The average Bonchev–Trinajstić information content (AvgIpc) is 2.79. The van der Waals surface area contributed by atoms with Crippen LogP contribution < -0.4 is 10.6 Å². The van der Waals surface area contributed by atoms with Gasteiger partial charge in [-0.1, -0.05) is 19.1 Å². The summed E-state index contributed by atoms with van der Waals surface area (Å²) in [5.41, 5.74) is -1.10. The van der Waals surface area contributed by atoms with Crippen LogP contribution in [0.4, 0.5) is 14.9 Å².